The van der Waals surface area contributed by atoms with Crippen LogP contribution in [-0.4, -0.2) is 20.6 Å². The number of carbonyl (C=O) groups excluding carboxylic acids is 1. The Morgan fingerprint density at radius 2 is 2.05 bits per heavy atom. The molecule has 7 nitrogen and oxygen atoms in total. The second-order valence-corrected chi connectivity index (χ2v) is 5.79. The largest absolute Gasteiger partial charge is 0.320 e. The lowest BCUT2D eigenvalue weighted by molar-refractivity contribution is -0.385. The van der Waals surface area contributed by atoms with Gasteiger partial charge in [0.05, 0.1) is 22.4 Å². The van der Waals surface area contributed by atoms with Crippen molar-refractivity contribution in [3.05, 3.63) is 49.1 Å². The molecule has 2 aromatic rings. The summed E-state index contributed by atoms with van der Waals surface area (Å²) in [6.07, 6.45) is 3.09. The van der Waals surface area contributed by atoms with Crippen molar-refractivity contribution in [2.75, 3.05) is 5.32 Å². The van der Waals surface area contributed by atoms with Gasteiger partial charge in [-0.1, -0.05) is 0 Å². The van der Waals surface area contributed by atoms with Gasteiger partial charge in [-0.15, -0.1) is 0 Å². The number of aromatic nitrogens is 2. The van der Waals surface area contributed by atoms with Crippen LogP contribution in [-0.2, 0) is 6.54 Å². The van der Waals surface area contributed by atoms with E-state index in [1.165, 1.54) is 18.3 Å². The molecule has 0 radical (unpaired) electrons. The number of nitro benzene ring substituents is 1. The van der Waals surface area contributed by atoms with E-state index in [4.69, 9.17) is 0 Å². The number of halogens is 2. The molecule has 0 unspecified atom stereocenters. The van der Waals surface area contributed by atoms with Crippen molar-refractivity contribution < 1.29 is 9.72 Å². The van der Waals surface area contributed by atoms with E-state index >= 15 is 0 Å². The predicted molar refractivity (Wildman–Crippen MR) is 84.4 cm³/mol. The molecule has 1 heterocycles. The topological polar surface area (TPSA) is 90.1 Å². The lowest BCUT2D eigenvalue weighted by Gasteiger charge is -2.08. The smallest absolute Gasteiger partial charge is 0.271 e. The molecule has 1 amide bonds. The SMILES string of the molecule is CCn1cc(C(=O)Nc2c(Br)cc([N+](=O)[O-])cc2Br)cn1. The average molecular weight is 418 g/mol. The van der Waals surface area contributed by atoms with E-state index in [2.05, 4.69) is 42.3 Å². The lowest BCUT2D eigenvalue weighted by Crippen LogP contribution is -2.12. The zero-order valence-corrected chi connectivity index (χ0v) is 14.0. The van der Waals surface area contributed by atoms with E-state index in [0.717, 1.165) is 0 Å². The Bertz CT molecular complexity index is 691. The van der Waals surface area contributed by atoms with Crippen LogP contribution >= 0.6 is 31.9 Å². The van der Waals surface area contributed by atoms with Crippen molar-refractivity contribution in [3.63, 3.8) is 0 Å². The fraction of sp³-hybridized carbons (Fsp3) is 0.167. The van der Waals surface area contributed by atoms with Crippen LogP contribution in [0, 0.1) is 10.1 Å². The number of carbonyl (C=O) groups is 1. The minimum Gasteiger partial charge on any atom is -0.320 e. The molecule has 1 N–H and O–H groups in total. The maximum atomic E-state index is 12.1. The summed E-state index contributed by atoms with van der Waals surface area (Å²) in [5.41, 5.74) is 0.759. The van der Waals surface area contributed by atoms with E-state index in [1.54, 1.807) is 10.9 Å². The number of anilines is 1. The first-order valence-corrected chi connectivity index (χ1v) is 7.48. The van der Waals surface area contributed by atoms with E-state index in [0.29, 0.717) is 26.7 Å². The number of hydrogen-bond donors (Lipinski definition) is 1. The van der Waals surface area contributed by atoms with Crippen molar-refractivity contribution in [1.82, 2.24) is 9.78 Å². The summed E-state index contributed by atoms with van der Waals surface area (Å²) in [5, 5.41) is 17.5. The average Bonchev–Trinajstić information content (AvgIpc) is 2.91. The number of nitro groups is 1. The van der Waals surface area contributed by atoms with Crippen LogP contribution in [0.15, 0.2) is 33.5 Å². The van der Waals surface area contributed by atoms with E-state index in [9.17, 15) is 14.9 Å². The van der Waals surface area contributed by atoms with Gasteiger partial charge in [0.1, 0.15) is 0 Å². The Balaban J connectivity index is 2.27. The molecule has 0 atom stereocenters. The van der Waals surface area contributed by atoms with Crippen molar-refractivity contribution in [2.24, 2.45) is 0 Å². The van der Waals surface area contributed by atoms with Crippen LogP contribution in [0.3, 0.4) is 0 Å². The maximum Gasteiger partial charge on any atom is 0.271 e. The number of hydrogen-bond acceptors (Lipinski definition) is 4. The zero-order valence-electron chi connectivity index (χ0n) is 10.8. The highest BCUT2D eigenvalue weighted by atomic mass is 79.9. The third-order valence-corrected chi connectivity index (χ3v) is 3.95. The second-order valence-electron chi connectivity index (χ2n) is 4.08. The quantitative estimate of drug-likeness (QED) is 0.607. The molecule has 21 heavy (non-hydrogen) atoms. The summed E-state index contributed by atoms with van der Waals surface area (Å²) in [7, 11) is 0. The molecule has 0 bridgehead atoms. The molecule has 9 heteroatoms. The minimum absolute atomic E-state index is 0.0782. The molecular weight excluding hydrogens is 408 g/mol. The van der Waals surface area contributed by atoms with Crippen LogP contribution in [0.5, 0.6) is 0 Å². The standard InChI is InChI=1S/C12H10Br2N4O3/c1-2-17-6-7(5-15-17)12(19)16-11-9(13)3-8(18(20)21)4-10(11)14/h3-6H,2H2,1H3,(H,16,19). The molecule has 110 valence electrons. The van der Waals surface area contributed by atoms with Crippen LogP contribution < -0.4 is 5.32 Å². The zero-order chi connectivity index (χ0) is 15.6. The first-order chi connectivity index (χ1) is 9.92. The molecule has 0 saturated heterocycles. The van der Waals surface area contributed by atoms with Crippen molar-refractivity contribution in [3.8, 4) is 0 Å². The molecule has 0 spiro atoms. The van der Waals surface area contributed by atoms with Crippen molar-refractivity contribution in [1.29, 1.82) is 0 Å². The third kappa shape index (κ3) is 3.48. The van der Waals surface area contributed by atoms with Crippen LogP contribution in [0.2, 0.25) is 0 Å². The highest BCUT2D eigenvalue weighted by Gasteiger charge is 2.17. The number of nitrogens with zero attached hydrogens (tertiary/aromatic N) is 3. The van der Waals surface area contributed by atoms with Gasteiger partial charge in [-0.2, -0.15) is 5.10 Å². The molecular formula is C12H10Br2N4O3. The molecule has 0 aliphatic rings. The number of rotatable bonds is 4. The van der Waals surface area contributed by atoms with Gasteiger partial charge in [0, 0.05) is 33.8 Å². The highest BCUT2D eigenvalue weighted by molar-refractivity contribution is 9.11. The molecule has 0 aliphatic carbocycles. The van der Waals surface area contributed by atoms with Gasteiger partial charge in [0.15, 0.2) is 0 Å². The number of aryl methyl sites for hydroxylation is 1. The Morgan fingerprint density at radius 3 is 2.52 bits per heavy atom. The first-order valence-electron chi connectivity index (χ1n) is 5.89. The summed E-state index contributed by atoms with van der Waals surface area (Å²) in [6.45, 7) is 2.58. The summed E-state index contributed by atoms with van der Waals surface area (Å²) in [6, 6.07) is 2.66. The lowest BCUT2D eigenvalue weighted by atomic mass is 10.2. The normalized spacial score (nSPS) is 10.4. The highest BCUT2D eigenvalue weighted by Crippen LogP contribution is 2.35. The van der Waals surface area contributed by atoms with Gasteiger partial charge in [-0.3, -0.25) is 19.6 Å². The van der Waals surface area contributed by atoms with E-state index in [1.807, 2.05) is 6.92 Å². The molecule has 1 aromatic carbocycles. The van der Waals surface area contributed by atoms with E-state index in [-0.39, 0.29) is 11.6 Å². The van der Waals surface area contributed by atoms with Gasteiger partial charge < -0.3 is 5.32 Å². The Kier molecular flexibility index (Phi) is 4.73. The minimum atomic E-state index is -0.508. The van der Waals surface area contributed by atoms with E-state index < -0.39 is 4.92 Å². The Morgan fingerprint density at radius 1 is 1.43 bits per heavy atom. The van der Waals surface area contributed by atoms with Crippen molar-refractivity contribution in [2.45, 2.75) is 13.5 Å². The summed E-state index contributed by atoms with van der Waals surface area (Å²) in [5.74, 6) is -0.343. The first kappa shape index (κ1) is 15.6. The fourth-order valence-electron chi connectivity index (χ4n) is 1.62. The summed E-state index contributed by atoms with van der Waals surface area (Å²) < 4.78 is 2.47. The monoisotopic (exact) mass is 416 g/mol. The van der Waals surface area contributed by atoms with Gasteiger partial charge in [-0.05, 0) is 38.8 Å². The van der Waals surface area contributed by atoms with Gasteiger partial charge in [0.2, 0.25) is 0 Å². The van der Waals surface area contributed by atoms with Crippen molar-refractivity contribution >= 4 is 49.1 Å². The van der Waals surface area contributed by atoms with Gasteiger partial charge in [-0.25, -0.2) is 0 Å². The number of non-ortho nitro benzene ring substituents is 1. The van der Waals surface area contributed by atoms with Gasteiger partial charge >= 0.3 is 0 Å². The third-order valence-electron chi connectivity index (χ3n) is 2.70. The summed E-state index contributed by atoms with van der Waals surface area (Å²) in [4.78, 5) is 22.4. The predicted octanol–water partition coefficient (Wildman–Crippen LogP) is 3.59. The second kappa shape index (κ2) is 6.35. The fourth-order valence-corrected chi connectivity index (χ4v) is 2.98. The van der Waals surface area contributed by atoms with Crippen LogP contribution in [0.4, 0.5) is 11.4 Å². The number of amides is 1. The Labute approximate surface area is 136 Å². The molecule has 1 aromatic heterocycles. The molecule has 2 rings (SSSR count). The molecule has 0 saturated carbocycles. The van der Waals surface area contributed by atoms with Gasteiger partial charge in [0.25, 0.3) is 11.6 Å². The summed E-state index contributed by atoms with van der Waals surface area (Å²) >= 11 is 6.43. The number of benzene rings is 1. The maximum absolute atomic E-state index is 12.1. The van der Waals surface area contributed by atoms with Crippen LogP contribution in [0.1, 0.15) is 17.3 Å². The molecule has 0 aliphatic heterocycles. The number of nitrogens with one attached hydrogen (secondary N) is 1. The van der Waals surface area contributed by atoms with Crippen LogP contribution in [0.25, 0.3) is 0 Å². The Hall–Kier alpha value is -1.74. The molecule has 0 fully saturated rings.